The Morgan fingerprint density at radius 2 is 2.28 bits per heavy atom. The second-order valence-corrected chi connectivity index (χ2v) is 4.49. The summed E-state index contributed by atoms with van der Waals surface area (Å²) in [6, 6.07) is 1.68. The Balaban J connectivity index is 2.10. The minimum absolute atomic E-state index is 0.482. The second-order valence-electron chi connectivity index (χ2n) is 3.71. The van der Waals surface area contributed by atoms with Gasteiger partial charge in [-0.15, -0.1) is 0 Å². The Hall–Kier alpha value is -1.95. The van der Waals surface area contributed by atoms with Crippen molar-refractivity contribution >= 4 is 23.0 Å². The fraction of sp³-hybridized carbons (Fsp3) is 0.250. The maximum absolute atomic E-state index is 11.6. The molecule has 0 saturated carbocycles. The molecule has 2 rings (SSSR count). The lowest BCUT2D eigenvalue weighted by molar-refractivity contribution is 0.0516. The highest BCUT2D eigenvalue weighted by Crippen LogP contribution is 2.12. The van der Waals surface area contributed by atoms with Crippen molar-refractivity contribution in [3.05, 3.63) is 39.7 Å². The molecule has 0 N–H and O–H groups in total. The fourth-order valence-electron chi connectivity index (χ4n) is 1.45. The van der Waals surface area contributed by atoms with Crippen molar-refractivity contribution in [1.29, 1.82) is 0 Å². The van der Waals surface area contributed by atoms with Gasteiger partial charge in [-0.1, -0.05) is 5.16 Å². The summed E-state index contributed by atoms with van der Waals surface area (Å²) in [7, 11) is 0. The van der Waals surface area contributed by atoms with Gasteiger partial charge in [0.25, 0.3) is 0 Å². The molecular weight excluding hydrogens is 252 g/mol. The van der Waals surface area contributed by atoms with Gasteiger partial charge in [0.1, 0.15) is 5.71 Å². The fourth-order valence-corrected chi connectivity index (χ4v) is 2.08. The summed E-state index contributed by atoms with van der Waals surface area (Å²) >= 11 is 1.43. The molecule has 0 radical (unpaired) electrons. The zero-order valence-electron chi connectivity index (χ0n) is 10.3. The van der Waals surface area contributed by atoms with Crippen LogP contribution in [-0.2, 0) is 4.84 Å². The Labute approximate surface area is 108 Å². The van der Waals surface area contributed by atoms with Crippen LogP contribution in [0.2, 0.25) is 0 Å². The number of carbonyl (C=O) groups is 1. The van der Waals surface area contributed by atoms with Gasteiger partial charge in [0.05, 0.1) is 11.3 Å². The van der Waals surface area contributed by atoms with Crippen molar-refractivity contribution in [2.45, 2.75) is 20.8 Å². The van der Waals surface area contributed by atoms with Crippen LogP contribution in [0.25, 0.3) is 0 Å². The summed E-state index contributed by atoms with van der Waals surface area (Å²) in [5.41, 5.74) is 1.69. The van der Waals surface area contributed by atoms with Gasteiger partial charge in [-0.3, -0.25) is 0 Å². The van der Waals surface area contributed by atoms with Gasteiger partial charge >= 0.3 is 5.97 Å². The summed E-state index contributed by atoms with van der Waals surface area (Å²) in [5, 5.41) is 7.27. The first-order valence-electron chi connectivity index (χ1n) is 5.30. The molecule has 0 fully saturated rings. The normalized spacial score (nSPS) is 11.6. The summed E-state index contributed by atoms with van der Waals surface area (Å²) in [6.07, 6.45) is 0. The van der Waals surface area contributed by atoms with E-state index in [2.05, 4.69) is 10.1 Å². The zero-order valence-corrected chi connectivity index (χ0v) is 11.1. The maximum atomic E-state index is 11.6. The molecule has 94 valence electrons. The average Bonchev–Trinajstić information content (AvgIpc) is 2.95. The minimum atomic E-state index is -0.482. The van der Waals surface area contributed by atoms with E-state index < -0.39 is 5.97 Å². The summed E-state index contributed by atoms with van der Waals surface area (Å²) in [5.74, 6) is 0.608. The molecule has 0 saturated heterocycles. The number of hydrogen-bond acceptors (Lipinski definition) is 6. The maximum Gasteiger partial charge on any atom is 0.366 e. The first kappa shape index (κ1) is 12.5. The van der Waals surface area contributed by atoms with E-state index in [1.807, 2.05) is 6.92 Å². The molecule has 0 aliphatic rings. The standard InChI is InChI=1S/C12H12N2O3S/c1-7-11(16-9(3)13-7)8(2)14-17-12(15)10-4-5-18-6-10/h4-6H,1-3H3/b14-8-. The van der Waals surface area contributed by atoms with Crippen LogP contribution in [0.4, 0.5) is 0 Å². The molecule has 0 spiro atoms. The summed E-state index contributed by atoms with van der Waals surface area (Å²) in [4.78, 5) is 20.5. The highest BCUT2D eigenvalue weighted by atomic mass is 32.1. The molecule has 0 unspecified atom stereocenters. The van der Waals surface area contributed by atoms with E-state index in [-0.39, 0.29) is 0 Å². The van der Waals surface area contributed by atoms with E-state index in [4.69, 9.17) is 9.25 Å². The largest absolute Gasteiger partial charge is 0.439 e. The number of hydrogen-bond donors (Lipinski definition) is 0. The van der Waals surface area contributed by atoms with Gasteiger partial charge in [-0.05, 0) is 25.3 Å². The number of aromatic nitrogens is 1. The Morgan fingerprint density at radius 1 is 1.50 bits per heavy atom. The van der Waals surface area contributed by atoms with Crippen LogP contribution < -0.4 is 0 Å². The third kappa shape index (κ3) is 2.65. The van der Waals surface area contributed by atoms with Crippen molar-refractivity contribution in [3.63, 3.8) is 0 Å². The monoisotopic (exact) mass is 264 g/mol. The van der Waals surface area contributed by atoms with Crippen LogP contribution in [0.3, 0.4) is 0 Å². The highest BCUT2D eigenvalue weighted by Gasteiger charge is 2.12. The minimum Gasteiger partial charge on any atom is -0.439 e. The average molecular weight is 264 g/mol. The zero-order chi connectivity index (χ0) is 13.1. The van der Waals surface area contributed by atoms with Gasteiger partial charge in [0, 0.05) is 12.3 Å². The molecule has 0 aliphatic heterocycles. The van der Waals surface area contributed by atoms with E-state index >= 15 is 0 Å². The molecule has 2 aromatic heterocycles. The smallest absolute Gasteiger partial charge is 0.366 e. The van der Waals surface area contributed by atoms with E-state index in [9.17, 15) is 4.79 Å². The summed E-state index contributed by atoms with van der Waals surface area (Å²) in [6.45, 7) is 5.26. The van der Waals surface area contributed by atoms with Gasteiger partial charge in [-0.25, -0.2) is 9.78 Å². The van der Waals surface area contributed by atoms with E-state index in [0.29, 0.717) is 22.9 Å². The van der Waals surface area contributed by atoms with Crippen molar-refractivity contribution in [2.75, 3.05) is 0 Å². The molecule has 0 bridgehead atoms. The molecule has 18 heavy (non-hydrogen) atoms. The van der Waals surface area contributed by atoms with Gasteiger partial charge in [0.15, 0.2) is 11.7 Å². The predicted molar refractivity (Wildman–Crippen MR) is 67.9 cm³/mol. The lowest BCUT2D eigenvalue weighted by Gasteiger charge is -1.97. The van der Waals surface area contributed by atoms with Crippen molar-refractivity contribution in [1.82, 2.24) is 4.98 Å². The molecule has 5 nitrogen and oxygen atoms in total. The number of oxime groups is 1. The number of thiophene rings is 1. The first-order valence-corrected chi connectivity index (χ1v) is 6.24. The van der Waals surface area contributed by atoms with Gasteiger partial charge in [0.2, 0.25) is 0 Å². The third-order valence-corrected chi connectivity index (χ3v) is 2.94. The third-order valence-electron chi connectivity index (χ3n) is 2.25. The van der Waals surface area contributed by atoms with Crippen LogP contribution in [0.5, 0.6) is 0 Å². The van der Waals surface area contributed by atoms with Crippen molar-refractivity contribution in [3.8, 4) is 0 Å². The van der Waals surface area contributed by atoms with Gasteiger partial charge < -0.3 is 9.25 Å². The van der Waals surface area contributed by atoms with Crippen LogP contribution in [0, 0.1) is 13.8 Å². The topological polar surface area (TPSA) is 64.7 Å². The molecule has 2 aromatic rings. The van der Waals surface area contributed by atoms with E-state index in [1.165, 1.54) is 11.3 Å². The lowest BCUT2D eigenvalue weighted by atomic mass is 10.3. The number of oxazole rings is 1. The molecular formula is C12H12N2O3S. The van der Waals surface area contributed by atoms with Crippen molar-refractivity contribution in [2.24, 2.45) is 5.16 Å². The second kappa shape index (κ2) is 5.14. The van der Waals surface area contributed by atoms with E-state index in [1.54, 1.807) is 30.7 Å². The van der Waals surface area contributed by atoms with Crippen LogP contribution in [0.15, 0.2) is 26.4 Å². The number of aryl methyl sites for hydroxylation is 2. The molecule has 0 amide bonds. The quantitative estimate of drug-likeness (QED) is 0.485. The summed E-state index contributed by atoms with van der Waals surface area (Å²) < 4.78 is 5.37. The molecule has 0 aliphatic carbocycles. The van der Waals surface area contributed by atoms with Crippen LogP contribution in [0.1, 0.15) is 34.6 Å². The van der Waals surface area contributed by atoms with Gasteiger partial charge in [-0.2, -0.15) is 11.3 Å². The molecule has 0 atom stereocenters. The highest BCUT2D eigenvalue weighted by molar-refractivity contribution is 7.08. The van der Waals surface area contributed by atoms with Crippen LogP contribution in [-0.4, -0.2) is 16.7 Å². The molecule has 0 aromatic carbocycles. The number of carbonyl (C=O) groups excluding carboxylic acids is 1. The van der Waals surface area contributed by atoms with Crippen LogP contribution >= 0.6 is 11.3 Å². The lowest BCUT2D eigenvalue weighted by Crippen LogP contribution is -2.03. The Kier molecular flexibility index (Phi) is 3.57. The SMILES string of the molecule is C/C(=N/OC(=O)c1ccsc1)c1oc(C)nc1C. The molecule has 6 heteroatoms. The first-order chi connectivity index (χ1) is 8.58. The number of rotatable bonds is 3. The van der Waals surface area contributed by atoms with E-state index in [0.717, 1.165) is 5.69 Å². The Bertz CT molecular complexity index is 584. The predicted octanol–water partition coefficient (Wildman–Crippen LogP) is 2.93. The van der Waals surface area contributed by atoms with Crippen molar-refractivity contribution < 1.29 is 14.0 Å². The Morgan fingerprint density at radius 3 is 2.83 bits per heavy atom. The molecule has 2 heterocycles. The number of nitrogens with zero attached hydrogens (tertiary/aromatic N) is 2.